The molecular weight excluding hydrogens is 376 g/mol. The van der Waals surface area contributed by atoms with Gasteiger partial charge in [-0.1, -0.05) is 6.92 Å². The minimum absolute atomic E-state index is 0.230. The molecule has 2 heterocycles. The van der Waals surface area contributed by atoms with Crippen molar-refractivity contribution in [2.24, 2.45) is 0 Å². The Bertz CT molecular complexity index is 906. The predicted molar refractivity (Wildman–Crippen MR) is 110 cm³/mol. The highest BCUT2D eigenvalue weighted by Crippen LogP contribution is 2.40. The van der Waals surface area contributed by atoms with Crippen molar-refractivity contribution >= 4 is 28.9 Å². The average Bonchev–Trinajstić information content (AvgIpc) is 2.97. The molecular formula is C21H26N2O4S. The van der Waals surface area contributed by atoms with Crippen LogP contribution in [0.3, 0.4) is 0 Å². The van der Waals surface area contributed by atoms with Gasteiger partial charge in [0.25, 0.3) is 5.91 Å². The van der Waals surface area contributed by atoms with E-state index in [2.05, 4.69) is 4.98 Å². The molecule has 3 rings (SSSR count). The largest absolute Gasteiger partial charge is 0.478 e. The number of esters is 1. The lowest BCUT2D eigenvalue weighted by molar-refractivity contribution is -0.150. The van der Waals surface area contributed by atoms with E-state index in [1.165, 1.54) is 4.90 Å². The van der Waals surface area contributed by atoms with E-state index < -0.39 is 18.1 Å². The standard InChI is InChI=1S/C21H26N2O4S/c1-7-17-20(24)23(12(4)21(25)26-11(2)3)16-10-15(8-9-18(16)27-17)19-13(5)28-14(6)22-19/h8-12,17H,7H2,1-6H3. The van der Waals surface area contributed by atoms with Gasteiger partial charge >= 0.3 is 5.97 Å². The molecule has 0 saturated carbocycles. The lowest BCUT2D eigenvalue weighted by Crippen LogP contribution is -2.52. The van der Waals surface area contributed by atoms with Gasteiger partial charge < -0.3 is 9.47 Å². The first-order valence-corrected chi connectivity index (χ1v) is 10.3. The number of aryl methyl sites for hydroxylation is 2. The Morgan fingerprint density at radius 1 is 1.32 bits per heavy atom. The molecule has 28 heavy (non-hydrogen) atoms. The fourth-order valence-corrected chi connectivity index (χ4v) is 4.16. The number of carbonyl (C=O) groups is 2. The maximum atomic E-state index is 13.0. The van der Waals surface area contributed by atoms with E-state index in [0.717, 1.165) is 21.1 Å². The number of hydrogen-bond acceptors (Lipinski definition) is 6. The quantitative estimate of drug-likeness (QED) is 0.699. The maximum Gasteiger partial charge on any atom is 0.329 e. The summed E-state index contributed by atoms with van der Waals surface area (Å²) in [4.78, 5) is 32.8. The number of carbonyl (C=O) groups excluding carboxylic acids is 2. The third-order valence-electron chi connectivity index (χ3n) is 4.63. The Balaban J connectivity index is 2.07. The van der Waals surface area contributed by atoms with Crippen molar-refractivity contribution in [1.82, 2.24) is 4.98 Å². The number of aromatic nitrogens is 1. The first-order valence-electron chi connectivity index (χ1n) is 9.51. The van der Waals surface area contributed by atoms with Crippen LogP contribution in [0.1, 0.15) is 44.0 Å². The van der Waals surface area contributed by atoms with Crippen LogP contribution in [0.2, 0.25) is 0 Å². The van der Waals surface area contributed by atoms with Gasteiger partial charge in [0.05, 0.1) is 22.5 Å². The monoisotopic (exact) mass is 402 g/mol. The van der Waals surface area contributed by atoms with Crippen molar-refractivity contribution in [3.8, 4) is 17.0 Å². The first kappa shape index (κ1) is 20.3. The molecule has 0 bridgehead atoms. The SMILES string of the molecule is CCC1Oc2ccc(-c3nc(C)sc3C)cc2N(C(C)C(=O)OC(C)C)C1=O. The summed E-state index contributed by atoms with van der Waals surface area (Å²) < 4.78 is 11.3. The molecule has 7 heteroatoms. The molecule has 0 fully saturated rings. The van der Waals surface area contributed by atoms with Crippen LogP contribution in [0.25, 0.3) is 11.3 Å². The van der Waals surface area contributed by atoms with Crippen LogP contribution < -0.4 is 9.64 Å². The molecule has 1 aliphatic rings. The number of benzene rings is 1. The third kappa shape index (κ3) is 3.76. The fraction of sp³-hybridized carbons (Fsp3) is 0.476. The number of hydrogen-bond donors (Lipinski definition) is 0. The van der Waals surface area contributed by atoms with E-state index in [1.54, 1.807) is 32.1 Å². The first-order chi connectivity index (χ1) is 13.2. The zero-order chi connectivity index (χ0) is 20.6. The minimum atomic E-state index is -0.750. The van der Waals surface area contributed by atoms with Crippen LogP contribution >= 0.6 is 11.3 Å². The summed E-state index contributed by atoms with van der Waals surface area (Å²) >= 11 is 1.63. The van der Waals surface area contributed by atoms with E-state index in [-0.39, 0.29) is 12.0 Å². The highest BCUT2D eigenvalue weighted by atomic mass is 32.1. The van der Waals surface area contributed by atoms with E-state index >= 15 is 0 Å². The van der Waals surface area contributed by atoms with E-state index in [1.807, 2.05) is 39.0 Å². The second kappa shape index (κ2) is 7.91. The van der Waals surface area contributed by atoms with Gasteiger partial charge in [-0.05, 0) is 59.2 Å². The number of ether oxygens (including phenoxy) is 2. The van der Waals surface area contributed by atoms with Gasteiger partial charge in [0, 0.05) is 10.4 Å². The van der Waals surface area contributed by atoms with Crippen molar-refractivity contribution < 1.29 is 19.1 Å². The Morgan fingerprint density at radius 2 is 2.04 bits per heavy atom. The molecule has 0 aliphatic carbocycles. The summed E-state index contributed by atoms with van der Waals surface area (Å²) in [5.41, 5.74) is 2.35. The third-order valence-corrected chi connectivity index (χ3v) is 5.51. The van der Waals surface area contributed by atoms with E-state index in [4.69, 9.17) is 9.47 Å². The Morgan fingerprint density at radius 3 is 2.61 bits per heavy atom. The van der Waals surface area contributed by atoms with Crippen LogP contribution in [0.5, 0.6) is 5.75 Å². The van der Waals surface area contributed by atoms with Crippen LogP contribution in [0, 0.1) is 13.8 Å². The minimum Gasteiger partial charge on any atom is -0.478 e. The van der Waals surface area contributed by atoms with Crippen LogP contribution in [0.4, 0.5) is 5.69 Å². The average molecular weight is 403 g/mol. The molecule has 1 aliphatic heterocycles. The summed E-state index contributed by atoms with van der Waals surface area (Å²) in [6.45, 7) is 11.1. The Labute approximate surface area is 169 Å². The number of fused-ring (bicyclic) bond motifs is 1. The summed E-state index contributed by atoms with van der Waals surface area (Å²) in [7, 11) is 0. The van der Waals surface area contributed by atoms with Gasteiger partial charge in [0.1, 0.15) is 11.8 Å². The molecule has 2 unspecified atom stereocenters. The number of anilines is 1. The number of nitrogens with zero attached hydrogens (tertiary/aromatic N) is 2. The van der Waals surface area contributed by atoms with Crippen LogP contribution in [-0.2, 0) is 14.3 Å². The maximum absolute atomic E-state index is 13.0. The highest BCUT2D eigenvalue weighted by Gasteiger charge is 2.39. The van der Waals surface area contributed by atoms with Crippen molar-refractivity contribution in [1.29, 1.82) is 0 Å². The second-order valence-electron chi connectivity index (χ2n) is 7.20. The zero-order valence-corrected chi connectivity index (χ0v) is 17.9. The van der Waals surface area contributed by atoms with Crippen molar-refractivity contribution in [3.63, 3.8) is 0 Å². The second-order valence-corrected chi connectivity index (χ2v) is 8.61. The van der Waals surface area contributed by atoms with Gasteiger partial charge in [0.15, 0.2) is 6.10 Å². The molecule has 2 aromatic rings. The van der Waals surface area contributed by atoms with Gasteiger partial charge in [-0.3, -0.25) is 9.69 Å². The van der Waals surface area contributed by atoms with Crippen molar-refractivity contribution in [2.75, 3.05) is 4.90 Å². The molecule has 0 spiro atoms. The summed E-state index contributed by atoms with van der Waals surface area (Å²) in [5.74, 6) is -0.0762. The summed E-state index contributed by atoms with van der Waals surface area (Å²) in [6.07, 6.45) is -0.345. The van der Waals surface area contributed by atoms with Crippen LogP contribution in [0.15, 0.2) is 18.2 Å². The predicted octanol–water partition coefficient (Wildman–Crippen LogP) is 4.27. The molecule has 1 aromatic carbocycles. The highest BCUT2D eigenvalue weighted by molar-refractivity contribution is 7.11. The van der Waals surface area contributed by atoms with E-state index in [0.29, 0.717) is 17.9 Å². The van der Waals surface area contributed by atoms with E-state index in [9.17, 15) is 9.59 Å². The normalized spacial score (nSPS) is 17.3. The molecule has 1 aromatic heterocycles. The molecule has 1 amide bonds. The topological polar surface area (TPSA) is 68.7 Å². The molecule has 6 nitrogen and oxygen atoms in total. The molecule has 150 valence electrons. The molecule has 0 saturated heterocycles. The summed E-state index contributed by atoms with van der Waals surface area (Å²) in [6, 6.07) is 4.92. The Hall–Kier alpha value is -2.41. The van der Waals surface area contributed by atoms with Crippen molar-refractivity contribution in [3.05, 3.63) is 28.1 Å². The number of amides is 1. The van der Waals surface area contributed by atoms with Gasteiger partial charge in [-0.2, -0.15) is 0 Å². The van der Waals surface area contributed by atoms with Crippen molar-refractivity contribution in [2.45, 2.75) is 66.2 Å². The molecule has 2 atom stereocenters. The summed E-state index contributed by atoms with van der Waals surface area (Å²) in [5, 5.41) is 0.981. The molecule has 0 radical (unpaired) electrons. The number of rotatable bonds is 5. The number of thiazole rings is 1. The lowest BCUT2D eigenvalue weighted by Gasteiger charge is -2.37. The van der Waals surface area contributed by atoms with Crippen LogP contribution in [-0.4, -0.2) is 35.1 Å². The fourth-order valence-electron chi connectivity index (χ4n) is 3.32. The molecule has 0 N–H and O–H groups in total. The van der Waals surface area contributed by atoms with Gasteiger partial charge in [-0.15, -0.1) is 11.3 Å². The lowest BCUT2D eigenvalue weighted by atomic mass is 10.0. The van der Waals surface area contributed by atoms with Gasteiger partial charge in [0.2, 0.25) is 0 Å². The van der Waals surface area contributed by atoms with Gasteiger partial charge in [-0.25, -0.2) is 9.78 Å². The zero-order valence-electron chi connectivity index (χ0n) is 17.1. The Kier molecular flexibility index (Phi) is 5.74. The smallest absolute Gasteiger partial charge is 0.329 e.